The molecular formula is C25H27N5O2. The summed E-state index contributed by atoms with van der Waals surface area (Å²) in [6, 6.07) is 15.9. The van der Waals surface area contributed by atoms with Gasteiger partial charge in [-0.3, -0.25) is 4.98 Å². The number of hydrogen-bond donors (Lipinski definition) is 0. The van der Waals surface area contributed by atoms with E-state index in [1.807, 2.05) is 61.7 Å². The van der Waals surface area contributed by atoms with E-state index < -0.39 is 0 Å². The quantitative estimate of drug-likeness (QED) is 0.297. The molecule has 0 spiro atoms. The minimum atomic E-state index is 0.520. The average molecular weight is 430 g/mol. The molecule has 2 aromatic heterocycles. The second-order valence-electron chi connectivity index (χ2n) is 7.64. The molecule has 3 aromatic rings. The van der Waals surface area contributed by atoms with Crippen LogP contribution in [0.25, 0.3) is 11.4 Å². The lowest BCUT2D eigenvalue weighted by molar-refractivity contribution is 0.141. The SMILES string of the molecule is CO/N=C(\C)c1cccc(CCCO/N=C2\CCCc3cnc(-c4ccccc4)nc32)n1. The number of nitrogens with zero attached hydrogens (tertiary/aromatic N) is 5. The van der Waals surface area contributed by atoms with Crippen LogP contribution in [0, 0.1) is 0 Å². The van der Waals surface area contributed by atoms with Gasteiger partial charge in [-0.25, -0.2) is 9.97 Å². The normalized spacial score (nSPS) is 14.8. The zero-order valence-electron chi connectivity index (χ0n) is 18.5. The van der Waals surface area contributed by atoms with Crippen molar-refractivity contribution in [2.45, 2.75) is 39.0 Å². The first-order valence-electron chi connectivity index (χ1n) is 10.9. The molecule has 0 fully saturated rings. The highest BCUT2D eigenvalue weighted by Crippen LogP contribution is 2.23. The molecule has 0 N–H and O–H groups in total. The van der Waals surface area contributed by atoms with Gasteiger partial charge in [0.25, 0.3) is 0 Å². The van der Waals surface area contributed by atoms with Gasteiger partial charge in [0.15, 0.2) is 5.82 Å². The molecule has 0 amide bonds. The van der Waals surface area contributed by atoms with E-state index in [-0.39, 0.29) is 0 Å². The van der Waals surface area contributed by atoms with Crippen LogP contribution in [0.15, 0.2) is 65.0 Å². The number of fused-ring (bicyclic) bond motifs is 1. The lowest BCUT2D eigenvalue weighted by Gasteiger charge is -2.17. The maximum absolute atomic E-state index is 5.67. The molecule has 7 heteroatoms. The van der Waals surface area contributed by atoms with Crippen molar-refractivity contribution in [1.29, 1.82) is 0 Å². The van der Waals surface area contributed by atoms with E-state index in [1.54, 1.807) is 0 Å². The van der Waals surface area contributed by atoms with Crippen LogP contribution in [0.3, 0.4) is 0 Å². The van der Waals surface area contributed by atoms with E-state index in [1.165, 1.54) is 7.11 Å². The summed E-state index contributed by atoms with van der Waals surface area (Å²) in [6.07, 6.45) is 6.40. The maximum atomic E-state index is 5.67. The molecule has 0 saturated carbocycles. The van der Waals surface area contributed by atoms with Crippen molar-refractivity contribution in [2.75, 3.05) is 13.7 Å². The Hall–Kier alpha value is -3.61. The molecule has 32 heavy (non-hydrogen) atoms. The van der Waals surface area contributed by atoms with E-state index >= 15 is 0 Å². The van der Waals surface area contributed by atoms with E-state index in [9.17, 15) is 0 Å². The summed E-state index contributed by atoms with van der Waals surface area (Å²) in [5.41, 5.74) is 6.51. The fourth-order valence-electron chi connectivity index (χ4n) is 3.66. The Morgan fingerprint density at radius 2 is 1.91 bits per heavy atom. The van der Waals surface area contributed by atoms with Crippen molar-refractivity contribution in [3.8, 4) is 11.4 Å². The molecule has 0 saturated heterocycles. The van der Waals surface area contributed by atoms with Crippen LogP contribution < -0.4 is 0 Å². The lowest BCUT2D eigenvalue weighted by atomic mass is 9.95. The summed E-state index contributed by atoms with van der Waals surface area (Å²) in [7, 11) is 1.53. The van der Waals surface area contributed by atoms with Crippen LogP contribution in [0.2, 0.25) is 0 Å². The number of aryl methyl sites for hydroxylation is 2. The van der Waals surface area contributed by atoms with Crippen molar-refractivity contribution in [3.63, 3.8) is 0 Å². The Kier molecular flexibility index (Phi) is 7.17. The van der Waals surface area contributed by atoms with E-state index in [4.69, 9.17) is 14.7 Å². The number of rotatable bonds is 8. The van der Waals surface area contributed by atoms with Gasteiger partial charge < -0.3 is 9.68 Å². The second kappa shape index (κ2) is 10.6. The highest BCUT2D eigenvalue weighted by molar-refractivity contribution is 6.01. The van der Waals surface area contributed by atoms with Gasteiger partial charge in [0.05, 0.1) is 11.4 Å². The van der Waals surface area contributed by atoms with Gasteiger partial charge >= 0.3 is 0 Å². The number of pyridine rings is 1. The minimum Gasteiger partial charge on any atom is -0.399 e. The summed E-state index contributed by atoms with van der Waals surface area (Å²) in [5.74, 6) is 0.720. The van der Waals surface area contributed by atoms with E-state index in [0.717, 1.165) is 77.6 Å². The van der Waals surface area contributed by atoms with Crippen molar-refractivity contribution < 1.29 is 9.68 Å². The van der Waals surface area contributed by atoms with Crippen LogP contribution in [-0.2, 0) is 22.5 Å². The fourth-order valence-corrected chi connectivity index (χ4v) is 3.66. The molecule has 0 aliphatic heterocycles. The van der Waals surface area contributed by atoms with Crippen LogP contribution in [0.4, 0.5) is 0 Å². The molecule has 0 atom stereocenters. The number of benzene rings is 1. The predicted octanol–water partition coefficient (Wildman–Crippen LogP) is 4.60. The number of oxime groups is 2. The Balaban J connectivity index is 1.37. The van der Waals surface area contributed by atoms with Crippen LogP contribution in [-0.4, -0.2) is 40.1 Å². The first-order valence-corrected chi connectivity index (χ1v) is 10.9. The average Bonchev–Trinajstić information content (AvgIpc) is 2.84. The number of hydrogen-bond acceptors (Lipinski definition) is 7. The standard InChI is InChI=1S/C25H27N5O2/c1-18(29-31-2)22-14-7-12-21(27-22)13-8-16-32-30-23-15-6-11-20-17-26-25(28-24(20)23)19-9-4-3-5-10-19/h3-5,7,9-10,12,14,17H,6,8,11,13,15-16H2,1-2H3/b29-18+,30-23+. The molecule has 1 aliphatic carbocycles. The molecule has 7 nitrogen and oxygen atoms in total. The Labute approximate surface area is 188 Å². The highest BCUT2D eigenvalue weighted by Gasteiger charge is 2.19. The zero-order chi connectivity index (χ0) is 22.2. The minimum absolute atomic E-state index is 0.520. The topological polar surface area (TPSA) is 81.9 Å². The first kappa shape index (κ1) is 21.6. The summed E-state index contributed by atoms with van der Waals surface area (Å²) >= 11 is 0. The van der Waals surface area contributed by atoms with Crippen LogP contribution in [0.1, 0.15) is 48.8 Å². The highest BCUT2D eigenvalue weighted by atomic mass is 16.6. The van der Waals surface area contributed by atoms with Gasteiger partial charge in [-0.05, 0) is 56.7 Å². The zero-order valence-corrected chi connectivity index (χ0v) is 18.5. The first-order chi connectivity index (χ1) is 15.7. The van der Waals surface area contributed by atoms with Gasteiger partial charge in [0.2, 0.25) is 0 Å². The Morgan fingerprint density at radius 3 is 2.75 bits per heavy atom. The van der Waals surface area contributed by atoms with Gasteiger partial charge in [-0.1, -0.05) is 46.7 Å². The predicted molar refractivity (Wildman–Crippen MR) is 125 cm³/mol. The lowest BCUT2D eigenvalue weighted by Crippen LogP contribution is -2.16. The van der Waals surface area contributed by atoms with E-state index in [0.29, 0.717) is 6.61 Å². The molecule has 164 valence electrons. The van der Waals surface area contributed by atoms with Crippen LogP contribution in [0.5, 0.6) is 0 Å². The summed E-state index contributed by atoms with van der Waals surface area (Å²) in [4.78, 5) is 24.5. The molecular weight excluding hydrogens is 402 g/mol. The van der Waals surface area contributed by atoms with Gasteiger partial charge in [-0.15, -0.1) is 0 Å². The molecule has 0 unspecified atom stereocenters. The largest absolute Gasteiger partial charge is 0.399 e. The Morgan fingerprint density at radius 1 is 1.03 bits per heavy atom. The van der Waals surface area contributed by atoms with E-state index in [2.05, 4.69) is 20.3 Å². The maximum Gasteiger partial charge on any atom is 0.159 e. The molecule has 0 radical (unpaired) electrons. The van der Waals surface area contributed by atoms with Crippen LogP contribution >= 0.6 is 0 Å². The summed E-state index contributed by atoms with van der Waals surface area (Å²) in [6.45, 7) is 2.40. The summed E-state index contributed by atoms with van der Waals surface area (Å²) < 4.78 is 0. The van der Waals surface area contributed by atoms with Crippen molar-refractivity contribution in [1.82, 2.24) is 15.0 Å². The van der Waals surface area contributed by atoms with Gasteiger partial charge in [0.1, 0.15) is 25.1 Å². The molecule has 4 rings (SSSR count). The third-order valence-electron chi connectivity index (χ3n) is 5.28. The van der Waals surface area contributed by atoms with Crippen molar-refractivity contribution in [2.24, 2.45) is 10.3 Å². The van der Waals surface area contributed by atoms with Gasteiger partial charge in [-0.2, -0.15) is 0 Å². The third kappa shape index (κ3) is 5.35. The molecule has 1 aromatic carbocycles. The monoisotopic (exact) mass is 429 g/mol. The van der Waals surface area contributed by atoms with Gasteiger partial charge in [0, 0.05) is 17.5 Å². The fraction of sp³-hybridized carbons (Fsp3) is 0.320. The molecule has 1 aliphatic rings. The smallest absolute Gasteiger partial charge is 0.159 e. The van der Waals surface area contributed by atoms with Crippen molar-refractivity contribution in [3.05, 3.63) is 77.4 Å². The molecule has 2 heterocycles. The summed E-state index contributed by atoms with van der Waals surface area (Å²) in [5, 5.41) is 8.37. The molecule has 0 bridgehead atoms. The Bertz CT molecular complexity index is 1110. The van der Waals surface area contributed by atoms with Crippen molar-refractivity contribution >= 4 is 11.4 Å². The third-order valence-corrected chi connectivity index (χ3v) is 5.28. The number of aromatic nitrogens is 3. The second-order valence-corrected chi connectivity index (χ2v) is 7.64.